The maximum absolute atomic E-state index is 11.4. The molecule has 106 valence electrons. The molecule has 0 aromatic carbocycles. The number of furan rings is 1. The van der Waals surface area contributed by atoms with Crippen LogP contribution in [0, 0.1) is 0 Å². The second-order valence-corrected chi connectivity index (χ2v) is 3.61. The van der Waals surface area contributed by atoms with Gasteiger partial charge < -0.3 is 24.9 Å². The Kier molecular flexibility index (Phi) is 6.45. The summed E-state index contributed by atoms with van der Waals surface area (Å²) in [4.78, 5) is 15.4. The Morgan fingerprint density at radius 1 is 1.53 bits per heavy atom. The van der Waals surface area contributed by atoms with Crippen LogP contribution in [0.5, 0.6) is 0 Å². The van der Waals surface area contributed by atoms with E-state index in [0.717, 1.165) is 0 Å². The van der Waals surface area contributed by atoms with Gasteiger partial charge in [0.1, 0.15) is 12.3 Å². The molecule has 0 bridgehead atoms. The van der Waals surface area contributed by atoms with Gasteiger partial charge in [-0.2, -0.15) is 0 Å². The van der Waals surface area contributed by atoms with Crippen molar-refractivity contribution in [1.82, 2.24) is 5.32 Å². The highest BCUT2D eigenvalue weighted by atomic mass is 16.5. The normalized spacial score (nSPS) is 11.4. The predicted molar refractivity (Wildman–Crippen MR) is 69.9 cm³/mol. The summed E-state index contributed by atoms with van der Waals surface area (Å²) in [5, 5.41) is 2.87. The molecule has 0 atom stereocenters. The van der Waals surface area contributed by atoms with Crippen LogP contribution < -0.4 is 11.1 Å². The number of aliphatic imine (C=N–C) groups is 1. The third-order valence-electron chi connectivity index (χ3n) is 2.16. The lowest BCUT2D eigenvalue weighted by Crippen LogP contribution is -2.34. The first-order chi connectivity index (χ1) is 9.17. The molecule has 0 aliphatic rings. The molecule has 1 aromatic rings. The van der Waals surface area contributed by atoms with Crippen molar-refractivity contribution in [3.05, 3.63) is 23.7 Å². The van der Waals surface area contributed by atoms with Crippen LogP contribution in [0.3, 0.4) is 0 Å². The standard InChI is InChI=1S/C12H19N3O4/c1-3-18-11(16)10-5-4-9(19-10)8-15-12(13)14-6-7-17-2/h4-5H,3,6-8H2,1-2H3,(H3,13,14,15). The van der Waals surface area contributed by atoms with Gasteiger partial charge in [-0.05, 0) is 19.1 Å². The first-order valence-electron chi connectivity index (χ1n) is 5.96. The van der Waals surface area contributed by atoms with Crippen molar-refractivity contribution in [2.24, 2.45) is 10.7 Å². The van der Waals surface area contributed by atoms with Crippen molar-refractivity contribution in [2.45, 2.75) is 13.5 Å². The van der Waals surface area contributed by atoms with Crippen LogP contribution in [0.25, 0.3) is 0 Å². The number of guanidine groups is 1. The van der Waals surface area contributed by atoms with Gasteiger partial charge in [0.05, 0.1) is 13.2 Å². The Hall–Kier alpha value is -2.02. The van der Waals surface area contributed by atoms with Crippen LogP contribution in [0.15, 0.2) is 21.5 Å². The van der Waals surface area contributed by atoms with Crippen LogP contribution in [0.4, 0.5) is 0 Å². The number of ether oxygens (including phenoxy) is 2. The van der Waals surface area contributed by atoms with E-state index in [1.807, 2.05) is 0 Å². The summed E-state index contributed by atoms with van der Waals surface area (Å²) in [5.41, 5.74) is 5.63. The quantitative estimate of drug-likeness (QED) is 0.324. The third kappa shape index (κ3) is 5.43. The lowest BCUT2D eigenvalue weighted by atomic mass is 10.4. The maximum atomic E-state index is 11.4. The van der Waals surface area contributed by atoms with E-state index in [4.69, 9.17) is 19.6 Å². The number of methoxy groups -OCH3 is 1. The van der Waals surface area contributed by atoms with E-state index >= 15 is 0 Å². The summed E-state index contributed by atoms with van der Waals surface area (Å²) in [5.74, 6) is 0.521. The monoisotopic (exact) mass is 269 g/mol. The van der Waals surface area contributed by atoms with Gasteiger partial charge in [-0.3, -0.25) is 0 Å². The van der Waals surface area contributed by atoms with E-state index in [-0.39, 0.29) is 12.3 Å². The predicted octanol–water partition coefficient (Wildman–Crippen LogP) is 0.507. The number of hydrogen-bond donors (Lipinski definition) is 2. The van der Waals surface area contributed by atoms with Crippen molar-refractivity contribution in [3.63, 3.8) is 0 Å². The van der Waals surface area contributed by atoms with Crippen molar-refractivity contribution < 1.29 is 18.7 Å². The van der Waals surface area contributed by atoms with Crippen LogP contribution >= 0.6 is 0 Å². The zero-order valence-corrected chi connectivity index (χ0v) is 11.1. The topological polar surface area (TPSA) is 99.1 Å². The zero-order chi connectivity index (χ0) is 14.1. The Bertz CT molecular complexity index is 428. The molecular weight excluding hydrogens is 250 g/mol. The molecule has 0 amide bonds. The van der Waals surface area contributed by atoms with Crippen LogP contribution in [-0.4, -0.2) is 38.8 Å². The highest BCUT2D eigenvalue weighted by molar-refractivity contribution is 5.86. The number of rotatable bonds is 7. The molecule has 0 radical (unpaired) electrons. The molecule has 19 heavy (non-hydrogen) atoms. The molecule has 0 aliphatic heterocycles. The Labute approximate surface area is 111 Å². The van der Waals surface area contributed by atoms with E-state index in [0.29, 0.717) is 31.5 Å². The van der Waals surface area contributed by atoms with Gasteiger partial charge in [-0.1, -0.05) is 0 Å². The summed E-state index contributed by atoms with van der Waals surface area (Å²) in [7, 11) is 1.61. The fourth-order valence-corrected chi connectivity index (χ4v) is 1.27. The summed E-state index contributed by atoms with van der Waals surface area (Å²) in [6.45, 7) is 3.43. The van der Waals surface area contributed by atoms with Gasteiger partial charge in [0.15, 0.2) is 5.96 Å². The van der Waals surface area contributed by atoms with E-state index in [1.165, 1.54) is 0 Å². The number of carbonyl (C=O) groups excluding carboxylic acids is 1. The van der Waals surface area contributed by atoms with Crippen LogP contribution in [-0.2, 0) is 16.0 Å². The lowest BCUT2D eigenvalue weighted by molar-refractivity contribution is 0.0488. The van der Waals surface area contributed by atoms with Gasteiger partial charge >= 0.3 is 5.97 Å². The highest BCUT2D eigenvalue weighted by Crippen LogP contribution is 2.10. The van der Waals surface area contributed by atoms with Gasteiger partial charge in [-0.15, -0.1) is 0 Å². The summed E-state index contributed by atoms with van der Waals surface area (Å²) >= 11 is 0. The third-order valence-corrected chi connectivity index (χ3v) is 2.16. The van der Waals surface area contributed by atoms with Crippen LogP contribution in [0.1, 0.15) is 23.2 Å². The fraction of sp³-hybridized carbons (Fsp3) is 0.500. The summed E-state index contributed by atoms with van der Waals surface area (Å²) in [6, 6.07) is 3.22. The molecule has 0 aliphatic carbocycles. The average Bonchev–Trinajstić information content (AvgIpc) is 2.86. The molecule has 1 heterocycles. The second-order valence-electron chi connectivity index (χ2n) is 3.61. The van der Waals surface area contributed by atoms with Gasteiger partial charge in [0.25, 0.3) is 0 Å². The highest BCUT2D eigenvalue weighted by Gasteiger charge is 2.11. The van der Waals surface area contributed by atoms with E-state index in [1.54, 1.807) is 26.2 Å². The molecule has 0 fully saturated rings. The lowest BCUT2D eigenvalue weighted by Gasteiger charge is -2.03. The van der Waals surface area contributed by atoms with Crippen molar-refractivity contribution in [3.8, 4) is 0 Å². The van der Waals surface area contributed by atoms with Gasteiger partial charge in [0, 0.05) is 13.7 Å². The maximum Gasteiger partial charge on any atom is 0.374 e. The van der Waals surface area contributed by atoms with Gasteiger partial charge in [0.2, 0.25) is 5.76 Å². The number of nitrogens with zero attached hydrogens (tertiary/aromatic N) is 1. The molecule has 0 spiro atoms. The first kappa shape index (κ1) is 15.0. The molecule has 0 unspecified atom stereocenters. The largest absolute Gasteiger partial charge is 0.460 e. The van der Waals surface area contributed by atoms with Crippen LogP contribution in [0.2, 0.25) is 0 Å². The van der Waals surface area contributed by atoms with Gasteiger partial charge in [-0.25, -0.2) is 9.79 Å². The first-order valence-corrected chi connectivity index (χ1v) is 5.96. The minimum atomic E-state index is -0.482. The molecule has 3 N–H and O–H groups in total. The second kappa shape index (κ2) is 8.15. The Morgan fingerprint density at radius 3 is 3.00 bits per heavy atom. The molecule has 7 nitrogen and oxygen atoms in total. The Morgan fingerprint density at radius 2 is 2.32 bits per heavy atom. The molecule has 0 saturated carbocycles. The molecule has 1 rings (SSSR count). The van der Waals surface area contributed by atoms with Crippen molar-refractivity contribution in [2.75, 3.05) is 26.9 Å². The fourth-order valence-electron chi connectivity index (χ4n) is 1.27. The average molecular weight is 269 g/mol. The minimum absolute atomic E-state index is 0.165. The SMILES string of the molecule is CCOC(=O)c1ccc(CN=C(N)NCCOC)o1. The molecule has 0 saturated heterocycles. The van der Waals surface area contributed by atoms with E-state index < -0.39 is 5.97 Å². The zero-order valence-electron chi connectivity index (χ0n) is 11.1. The van der Waals surface area contributed by atoms with E-state index in [2.05, 4.69) is 10.3 Å². The molecule has 7 heteroatoms. The molecule has 1 aromatic heterocycles. The van der Waals surface area contributed by atoms with Crippen molar-refractivity contribution >= 4 is 11.9 Å². The number of esters is 1. The number of carbonyl (C=O) groups is 1. The Balaban J connectivity index is 2.45. The minimum Gasteiger partial charge on any atom is -0.460 e. The number of nitrogens with one attached hydrogen (secondary N) is 1. The summed E-state index contributed by atoms with van der Waals surface area (Å²) in [6.07, 6.45) is 0. The number of nitrogens with two attached hydrogens (primary N) is 1. The van der Waals surface area contributed by atoms with Crippen molar-refractivity contribution in [1.29, 1.82) is 0 Å². The smallest absolute Gasteiger partial charge is 0.374 e. The summed E-state index contributed by atoms with van der Waals surface area (Å²) < 4.78 is 15.0. The molecular formula is C12H19N3O4. The van der Waals surface area contributed by atoms with E-state index in [9.17, 15) is 4.79 Å². The number of hydrogen-bond acceptors (Lipinski definition) is 5.